The van der Waals surface area contributed by atoms with Crippen molar-refractivity contribution >= 4 is 0 Å². The molecule has 1 rings (SSSR count). The summed E-state index contributed by atoms with van der Waals surface area (Å²) in [6.45, 7) is 9.53. The number of rotatable bonds is 10. The first-order valence-electron chi connectivity index (χ1n) is 7.59. The minimum atomic E-state index is 0.190. The third-order valence-corrected chi connectivity index (χ3v) is 4.60. The molecular weight excluding hydrogens is 224 g/mol. The molecule has 0 aromatic heterocycles. The van der Waals surface area contributed by atoms with Crippen LogP contribution in [0.1, 0.15) is 52.9 Å². The zero-order valence-corrected chi connectivity index (χ0v) is 12.7. The Hall–Kier alpha value is -0.120. The average Bonchev–Trinajstić information content (AvgIpc) is 3.21. The van der Waals surface area contributed by atoms with E-state index >= 15 is 0 Å². The number of nitrogens with zero attached hydrogens (tertiary/aromatic N) is 1. The van der Waals surface area contributed by atoms with Crippen molar-refractivity contribution in [3.63, 3.8) is 0 Å². The van der Waals surface area contributed by atoms with E-state index in [2.05, 4.69) is 25.7 Å². The number of methoxy groups -OCH3 is 1. The van der Waals surface area contributed by atoms with Crippen LogP contribution in [0.5, 0.6) is 0 Å². The molecule has 0 heterocycles. The molecule has 1 fully saturated rings. The minimum absolute atomic E-state index is 0.190. The molecule has 0 bridgehead atoms. The summed E-state index contributed by atoms with van der Waals surface area (Å²) in [5.74, 6) is 0.747. The van der Waals surface area contributed by atoms with Crippen LogP contribution in [0.3, 0.4) is 0 Å². The van der Waals surface area contributed by atoms with E-state index in [0.29, 0.717) is 0 Å². The molecule has 2 atom stereocenters. The lowest BCUT2D eigenvalue weighted by molar-refractivity contribution is 0.0331. The summed E-state index contributed by atoms with van der Waals surface area (Å²) in [4.78, 5) is 2.66. The highest BCUT2D eigenvalue weighted by Gasteiger charge is 2.42. The molecule has 1 saturated carbocycles. The van der Waals surface area contributed by atoms with Crippen molar-refractivity contribution in [1.82, 2.24) is 4.90 Å². The van der Waals surface area contributed by atoms with Gasteiger partial charge in [-0.2, -0.15) is 0 Å². The van der Waals surface area contributed by atoms with Crippen LogP contribution in [0.4, 0.5) is 0 Å². The van der Waals surface area contributed by atoms with E-state index in [1.807, 2.05) is 0 Å². The second-order valence-corrected chi connectivity index (χ2v) is 5.92. The lowest BCUT2D eigenvalue weighted by atomic mass is 9.82. The first-order valence-corrected chi connectivity index (χ1v) is 7.59. The Morgan fingerprint density at radius 2 is 2.06 bits per heavy atom. The maximum atomic E-state index is 6.18. The van der Waals surface area contributed by atoms with Gasteiger partial charge in [-0.15, -0.1) is 0 Å². The van der Waals surface area contributed by atoms with Gasteiger partial charge < -0.3 is 10.5 Å². The van der Waals surface area contributed by atoms with Gasteiger partial charge in [-0.3, -0.25) is 4.90 Å². The second kappa shape index (κ2) is 7.46. The summed E-state index contributed by atoms with van der Waals surface area (Å²) in [5.41, 5.74) is 6.37. The third-order valence-electron chi connectivity index (χ3n) is 4.60. The molecular formula is C15H32N2O. The van der Waals surface area contributed by atoms with Crippen LogP contribution in [0.15, 0.2) is 0 Å². The molecule has 2 unspecified atom stereocenters. The zero-order chi connectivity index (χ0) is 13.6. The van der Waals surface area contributed by atoms with Gasteiger partial charge in [0.25, 0.3) is 0 Å². The molecule has 18 heavy (non-hydrogen) atoms. The Labute approximate surface area is 113 Å². The Morgan fingerprint density at radius 1 is 1.39 bits per heavy atom. The first kappa shape index (κ1) is 15.9. The van der Waals surface area contributed by atoms with E-state index in [0.717, 1.165) is 38.1 Å². The lowest BCUT2D eigenvalue weighted by Gasteiger charge is -2.45. The molecule has 0 spiro atoms. The maximum absolute atomic E-state index is 6.18. The monoisotopic (exact) mass is 256 g/mol. The highest BCUT2D eigenvalue weighted by Crippen LogP contribution is 2.37. The molecule has 108 valence electrons. The minimum Gasteiger partial charge on any atom is -0.383 e. The molecule has 2 N–H and O–H groups in total. The van der Waals surface area contributed by atoms with E-state index in [4.69, 9.17) is 10.5 Å². The van der Waals surface area contributed by atoms with Crippen molar-refractivity contribution in [2.24, 2.45) is 11.7 Å². The van der Waals surface area contributed by atoms with Gasteiger partial charge >= 0.3 is 0 Å². The Balaban J connectivity index is 2.76. The zero-order valence-electron chi connectivity index (χ0n) is 12.7. The van der Waals surface area contributed by atoms with Crippen LogP contribution in [0.2, 0.25) is 0 Å². The highest BCUT2D eigenvalue weighted by molar-refractivity contribution is 4.99. The molecule has 0 aromatic rings. The molecule has 3 nitrogen and oxygen atoms in total. The summed E-state index contributed by atoms with van der Waals surface area (Å²) in [6, 6.07) is 0.757. The van der Waals surface area contributed by atoms with Gasteiger partial charge in [0, 0.05) is 31.8 Å². The van der Waals surface area contributed by atoms with Crippen LogP contribution in [0.25, 0.3) is 0 Å². The van der Waals surface area contributed by atoms with Gasteiger partial charge in [-0.25, -0.2) is 0 Å². The van der Waals surface area contributed by atoms with E-state index in [-0.39, 0.29) is 5.54 Å². The van der Waals surface area contributed by atoms with Crippen molar-refractivity contribution in [3.05, 3.63) is 0 Å². The fourth-order valence-electron chi connectivity index (χ4n) is 2.99. The number of hydrogen-bond donors (Lipinski definition) is 1. The molecule has 0 aliphatic heterocycles. The summed E-state index contributed by atoms with van der Waals surface area (Å²) in [5, 5.41) is 0. The SMILES string of the molecule is CCC(C)CC(CC)(CN)N(CCOC)C1CC1. The topological polar surface area (TPSA) is 38.5 Å². The van der Waals surface area contributed by atoms with Gasteiger partial charge in [0.15, 0.2) is 0 Å². The quantitative estimate of drug-likeness (QED) is 0.653. The van der Waals surface area contributed by atoms with Gasteiger partial charge in [0.1, 0.15) is 0 Å². The largest absolute Gasteiger partial charge is 0.383 e. The van der Waals surface area contributed by atoms with Gasteiger partial charge in [0.2, 0.25) is 0 Å². The normalized spacial score (nSPS) is 21.0. The summed E-state index contributed by atoms with van der Waals surface area (Å²) in [7, 11) is 1.79. The van der Waals surface area contributed by atoms with E-state index in [9.17, 15) is 0 Å². The van der Waals surface area contributed by atoms with Gasteiger partial charge in [0.05, 0.1) is 6.61 Å². The number of nitrogens with two attached hydrogens (primary N) is 1. The molecule has 0 aromatic carbocycles. The van der Waals surface area contributed by atoms with Crippen molar-refractivity contribution < 1.29 is 4.74 Å². The van der Waals surface area contributed by atoms with Gasteiger partial charge in [-0.1, -0.05) is 27.2 Å². The molecule has 0 saturated heterocycles. The maximum Gasteiger partial charge on any atom is 0.0590 e. The van der Waals surface area contributed by atoms with Crippen LogP contribution in [-0.2, 0) is 4.74 Å². The summed E-state index contributed by atoms with van der Waals surface area (Å²) >= 11 is 0. The van der Waals surface area contributed by atoms with Crippen LogP contribution in [-0.4, -0.2) is 43.3 Å². The van der Waals surface area contributed by atoms with Crippen molar-refractivity contribution in [3.8, 4) is 0 Å². The fraction of sp³-hybridized carbons (Fsp3) is 1.00. The standard InChI is InChI=1S/C15H32N2O/c1-5-13(3)11-15(6-2,12-16)17(9-10-18-4)14-7-8-14/h13-14H,5-12,16H2,1-4H3. The number of ether oxygens (including phenoxy) is 1. The second-order valence-electron chi connectivity index (χ2n) is 5.92. The number of hydrogen-bond acceptors (Lipinski definition) is 3. The predicted molar refractivity (Wildman–Crippen MR) is 77.8 cm³/mol. The predicted octanol–water partition coefficient (Wildman–Crippen LogP) is 2.64. The summed E-state index contributed by atoms with van der Waals surface area (Å²) in [6.07, 6.45) is 6.28. The van der Waals surface area contributed by atoms with E-state index in [1.165, 1.54) is 25.7 Å². The van der Waals surface area contributed by atoms with E-state index < -0.39 is 0 Å². The van der Waals surface area contributed by atoms with Crippen LogP contribution < -0.4 is 5.73 Å². The highest BCUT2D eigenvalue weighted by atomic mass is 16.5. The van der Waals surface area contributed by atoms with E-state index in [1.54, 1.807) is 7.11 Å². The van der Waals surface area contributed by atoms with Crippen LogP contribution >= 0.6 is 0 Å². The molecule has 1 aliphatic carbocycles. The van der Waals surface area contributed by atoms with Crippen LogP contribution in [0, 0.1) is 5.92 Å². The van der Waals surface area contributed by atoms with Gasteiger partial charge in [-0.05, 0) is 31.6 Å². The molecule has 0 radical (unpaired) electrons. The van der Waals surface area contributed by atoms with Crippen molar-refractivity contribution in [1.29, 1.82) is 0 Å². The van der Waals surface area contributed by atoms with Crippen molar-refractivity contribution in [2.75, 3.05) is 26.8 Å². The lowest BCUT2D eigenvalue weighted by Crippen LogP contribution is -2.56. The Bertz CT molecular complexity index is 225. The average molecular weight is 256 g/mol. The summed E-state index contributed by atoms with van der Waals surface area (Å²) < 4.78 is 5.28. The fourth-order valence-corrected chi connectivity index (χ4v) is 2.99. The Kier molecular flexibility index (Phi) is 6.61. The third kappa shape index (κ3) is 3.94. The smallest absolute Gasteiger partial charge is 0.0590 e. The molecule has 3 heteroatoms. The Morgan fingerprint density at radius 3 is 2.44 bits per heavy atom. The molecule has 1 aliphatic rings. The van der Waals surface area contributed by atoms with Crippen molar-refractivity contribution in [2.45, 2.75) is 64.5 Å². The first-order chi connectivity index (χ1) is 8.63. The molecule has 0 amide bonds.